The zero-order valence-corrected chi connectivity index (χ0v) is 19.7. The van der Waals surface area contributed by atoms with Crippen LogP contribution in [0, 0.1) is 5.92 Å². The normalized spacial score (nSPS) is 23.9. The van der Waals surface area contributed by atoms with E-state index in [4.69, 9.17) is 4.42 Å². The van der Waals surface area contributed by atoms with Crippen molar-refractivity contribution in [3.05, 3.63) is 34.6 Å². The molecule has 0 bridgehead atoms. The molecule has 2 atom stereocenters. The molecular weight excluding hydrogens is 462 g/mol. The van der Waals surface area contributed by atoms with E-state index < -0.39 is 5.54 Å². The van der Waals surface area contributed by atoms with Gasteiger partial charge in [-0.25, -0.2) is 9.69 Å². The van der Waals surface area contributed by atoms with Crippen LogP contribution in [0.3, 0.4) is 0 Å². The Kier molecular flexibility index (Phi) is 6.16. The first-order valence-electron chi connectivity index (χ1n) is 10.8. The molecule has 4 rings (SSSR count). The van der Waals surface area contributed by atoms with Crippen LogP contribution < -0.4 is 5.32 Å². The number of urea groups is 1. The fourth-order valence-corrected chi connectivity index (χ4v) is 4.89. The molecule has 2 heterocycles. The molecule has 1 aromatic heterocycles. The number of nitrogens with zero attached hydrogens (tertiary/aromatic N) is 4. The third-order valence-electron chi connectivity index (χ3n) is 6.46. The van der Waals surface area contributed by atoms with Gasteiger partial charge in [0.1, 0.15) is 5.54 Å². The standard InChI is InChI=1S/C22H28BrN5O3/c1-14(2)27(12-18-25-26-19(31-18)16-9-4-5-10-17(16)23)13-28-20(29)22(24-21(28)30)11-7-6-8-15(22)3/h4-5,9-10,14-15H,6-8,11-13H2,1-3H3,(H,24,30)/t15-,22+/m0/s1. The molecule has 0 unspecified atom stereocenters. The van der Waals surface area contributed by atoms with Crippen molar-refractivity contribution in [3.63, 3.8) is 0 Å². The van der Waals surface area contributed by atoms with E-state index >= 15 is 0 Å². The number of benzene rings is 1. The fraction of sp³-hybridized carbons (Fsp3) is 0.545. The Morgan fingerprint density at radius 2 is 2.06 bits per heavy atom. The molecule has 1 aliphatic heterocycles. The van der Waals surface area contributed by atoms with E-state index in [2.05, 4.69) is 38.4 Å². The van der Waals surface area contributed by atoms with Crippen LogP contribution in [-0.2, 0) is 11.3 Å². The van der Waals surface area contributed by atoms with E-state index in [9.17, 15) is 9.59 Å². The van der Waals surface area contributed by atoms with E-state index in [-0.39, 0.29) is 30.6 Å². The van der Waals surface area contributed by atoms with Gasteiger partial charge in [-0.15, -0.1) is 10.2 Å². The molecule has 1 N–H and O–H groups in total. The first kappa shape index (κ1) is 22.0. The third kappa shape index (κ3) is 4.13. The predicted molar refractivity (Wildman–Crippen MR) is 119 cm³/mol. The molecule has 9 heteroatoms. The lowest BCUT2D eigenvalue weighted by Crippen LogP contribution is -2.54. The topological polar surface area (TPSA) is 91.6 Å². The highest BCUT2D eigenvalue weighted by Gasteiger charge is 2.55. The average molecular weight is 490 g/mol. The van der Waals surface area contributed by atoms with Crippen LogP contribution in [0.1, 0.15) is 52.3 Å². The predicted octanol–water partition coefficient (Wildman–Crippen LogP) is 4.17. The Balaban J connectivity index is 1.50. The molecule has 8 nitrogen and oxygen atoms in total. The van der Waals surface area contributed by atoms with E-state index in [1.54, 1.807) is 0 Å². The van der Waals surface area contributed by atoms with Gasteiger partial charge >= 0.3 is 6.03 Å². The number of carbonyl (C=O) groups is 2. The minimum atomic E-state index is -0.755. The molecular formula is C22H28BrN5O3. The molecule has 166 valence electrons. The number of hydrogen-bond donors (Lipinski definition) is 1. The van der Waals surface area contributed by atoms with Crippen molar-refractivity contribution in [3.8, 4) is 11.5 Å². The van der Waals surface area contributed by atoms with Crippen molar-refractivity contribution in [2.24, 2.45) is 5.92 Å². The maximum Gasteiger partial charge on any atom is 0.326 e. The summed E-state index contributed by atoms with van der Waals surface area (Å²) < 4.78 is 6.75. The summed E-state index contributed by atoms with van der Waals surface area (Å²) in [5.74, 6) is 0.885. The van der Waals surface area contributed by atoms with Crippen molar-refractivity contribution < 1.29 is 14.0 Å². The summed E-state index contributed by atoms with van der Waals surface area (Å²) in [6.45, 7) is 6.62. The molecule has 0 radical (unpaired) electrons. The number of aromatic nitrogens is 2. The summed E-state index contributed by atoms with van der Waals surface area (Å²) in [6.07, 6.45) is 3.71. The van der Waals surface area contributed by atoms with E-state index in [0.717, 1.165) is 29.3 Å². The van der Waals surface area contributed by atoms with E-state index in [1.807, 2.05) is 43.0 Å². The van der Waals surface area contributed by atoms with Gasteiger partial charge in [0.15, 0.2) is 0 Å². The number of carbonyl (C=O) groups excluding carboxylic acids is 2. The van der Waals surface area contributed by atoms with Gasteiger partial charge in [-0.05, 0) is 60.7 Å². The summed E-state index contributed by atoms with van der Waals surface area (Å²) in [4.78, 5) is 29.4. The van der Waals surface area contributed by atoms with Crippen LogP contribution in [0.4, 0.5) is 4.79 Å². The van der Waals surface area contributed by atoms with Crippen LogP contribution in [0.5, 0.6) is 0 Å². The van der Waals surface area contributed by atoms with E-state index in [0.29, 0.717) is 24.7 Å². The summed E-state index contributed by atoms with van der Waals surface area (Å²) in [5, 5.41) is 11.4. The lowest BCUT2D eigenvalue weighted by atomic mass is 9.73. The first-order valence-corrected chi connectivity index (χ1v) is 11.6. The highest BCUT2D eigenvalue weighted by atomic mass is 79.9. The van der Waals surface area contributed by atoms with Gasteiger partial charge in [0.05, 0.1) is 18.8 Å². The highest BCUT2D eigenvalue weighted by Crippen LogP contribution is 2.38. The van der Waals surface area contributed by atoms with Crippen LogP contribution in [0.2, 0.25) is 0 Å². The quantitative estimate of drug-likeness (QED) is 0.612. The Morgan fingerprint density at radius 3 is 2.77 bits per heavy atom. The second kappa shape index (κ2) is 8.70. The second-order valence-electron chi connectivity index (χ2n) is 8.74. The summed E-state index contributed by atoms with van der Waals surface area (Å²) in [6, 6.07) is 7.40. The minimum Gasteiger partial charge on any atom is -0.419 e. The van der Waals surface area contributed by atoms with Crippen LogP contribution in [0.15, 0.2) is 33.2 Å². The smallest absolute Gasteiger partial charge is 0.326 e. The molecule has 1 aromatic carbocycles. The molecule has 2 fully saturated rings. The van der Waals surface area contributed by atoms with Gasteiger partial charge in [0, 0.05) is 10.5 Å². The zero-order valence-electron chi connectivity index (χ0n) is 18.1. The summed E-state index contributed by atoms with van der Waals surface area (Å²) in [7, 11) is 0. The minimum absolute atomic E-state index is 0.0692. The number of hydrogen-bond acceptors (Lipinski definition) is 6. The summed E-state index contributed by atoms with van der Waals surface area (Å²) >= 11 is 3.50. The van der Waals surface area contributed by atoms with Crippen molar-refractivity contribution in [2.45, 2.75) is 64.6 Å². The van der Waals surface area contributed by atoms with Crippen molar-refractivity contribution in [2.75, 3.05) is 6.67 Å². The largest absolute Gasteiger partial charge is 0.419 e. The lowest BCUT2D eigenvalue weighted by molar-refractivity contribution is -0.136. The molecule has 1 saturated carbocycles. The number of halogens is 1. The third-order valence-corrected chi connectivity index (χ3v) is 7.16. The number of rotatable bonds is 6. The summed E-state index contributed by atoms with van der Waals surface area (Å²) in [5.41, 5.74) is 0.0644. The van der Waals surface area contributed by atoms with Crippen LogP contribution in [-0.4, -0.2) is 50.2 Å². The maximum absolute atomic E-state index is 13.3. The second-order valence-corrected chi connectivity index (χ2v) is 9.60. The van der Waals surface area contributed by atoms with Crippen LogP contribution >= 0.6 is 15.9 Å². The average Bonchev–Trinajstić information content (AvgIpc) is 3.29. The highest BCUT2D eigenvalue weighted by molar-refractivity contribution is 9.10. The number of imide groups is 1. The first-order chi connectivity index (χ1) is 14.8. The van der Waals surface area contributed by atoms with Gasteiger partial charge in [0.25, 0.3) is 5.91 Å². The monoisotopic (exact) mass is 489 g/mol. The SMILES string of the molecule is CC(C)N(Cc1nnc(-c2ccccc2Br)o1)CN1C(=O)N[C@@]2(CCCC[C@@H]2C)C1=O. The zero-order chi connectivity index (χ0) is 22.2. The molecule has 1 saturated heterocycles. The fourth-order valence-electron chi connectivity index (χ4n) is 4.44. The molecule has 3 amide bonds. The molecule has 2 aromatic rings. The van der Waals surface area contributed by atoms with Crippen LogP contribution in [0.25, 0.3) is 11.5 Å². The number of nitrogens with one attached hydrogen (secondary N) is 1. The van der Waals surface area contributed by atoms with Gasteiger partial charge < -0.3 is 9.73 Å². The molecule has 31 heavy (non-hydrogen) atoms. The Morgan fingerprint density at radius 1 is 1.29 bits per heavy atom. The Bertz CT molecular complexity index is 978. The van der Waals surface area contributed by atoms with Gasteiger partial charge in [-0.2, -0.15) is 0 Å². The van der Waals surface area contributed by atoms with Crippen molar-refractivity contribution >= 4 is 27.9 Å². The Labute approximate surface area is 190 Å². The van der Waals surface area contributed by atoms with Gasteiger partial charge in [-0.3, -0.25) is 9.69 Å². The van der Waals surface area contributed by atoms with Gasteiger partial charge in [0.2, 0.25) is 11.8 Å². The number of amides is 3. The molecule has 1 spiro atoms. The Hall–Kier alpha value is -2.26. The van der Waals surface area contributed by atoms with Crippen molar-refractivity contribution in [1.82, 2.24) is 25.3 Å². The van der Waals surface area contributed by atoms with Crippen molar-refractivity contribution in [1.29, 1.82) is 0 Å². The van der Waals surface area contributed by atoms with E-state index in [1.165, 1.54) is 4.90 Å². The maximum atomic E-state index is 13.3. The van der Waals surface area contributed by atoms with Gasteiger partial charge in [-0.1, -0.05) is 31.9 Å². The molecule has 1 aliphatic carbocycles. The molecule has 2 aliphatic rings. The lowest BCUT2D eigenvalue weighted by Gasteiger charge is -2.37.